The minimum absolute atomic E-state index is 0.203. The maximum atomic E-state index is 14.7. The molecule has 0 saturated heterocycles. The average molecular weight is 767 g/mol. The maximum absolute atomic E-state index is 14.7. The molecule has 0 unspecified atom stereocenters. The van der Waals surface area contributed by atoms with Crippen molar-refractivity contribution in [1.29, 1.82) is 0 Å². The normalized spacial score (nSPS) is 17.8. The number of hydroxylamine groups is 2. The highest BCUT2D eigenvalue weighted by atomic mass is 16.5. The third-order valence-corrected chi connectivity index (χ3v) is 13.1. The van der Waals surface area contributed by atoms with Gasteiger partial charge in [0, 0.05) is 33.0 Å². The van der Waals surface area contributed by atoms with Crippen molar-refractivity contribution < 1.29 is 24.4 Å². The largest absolute Gasteiger partial charge is 0.268 e. The van der Waals surface area contributed by atoms with Crippen LogP contribution in [-0.2, 0) is 27.1 Å². The smallest absolute Gasteiger partial charge is 0.265 e. The molecule has 58 heavy (non-hydrogen) atoms. The SMILES string of the molecule is CC(C)(C)c1ccc(C(C)(C)C)c(N2C(=O)c3ccc4c5ccc6c7c(ccc(c8ccc(c3c48)C2=O)c75)C(=O)N(c2ccc3c(c2)C(C)(C)N([O])C3(C)C)C6=O)c1. The van der Waals surface area contributed by atoms with Crippen molar-refractivity contribution in [1.82, 2.24) is 5.06 Å². The number of carbonyl (C=O) groups is 4. The average Bonchev–Trinajstić information content (AvgIpc) is 3.30. The van der Waals surface area contributed by atoms with Crippen molar-refractivity contribution in [2.75, 3.05) is 9.80 Å². The first kappa shape index (κ1) is 36.4. The molecule has 0 bridgehead atoms. The van der Waals surface area contributed by atoms with Gasteiger partial charge >= 0.3 is 0 Å². The van der Waals surface area contributed by atoms with Crippen molar-refractivity contribution in [3.63, 3.8) is 0 Å². The van der Waals surface area contributed by atoms with Gasteiger partial charge in [0.1, 0.15) is 0 Å². The molecule has 289 valence electrons. The summed E-state index contributed by atoms with van der Waals surface area (Å²) in [5.74, 6) is -1.61. The van der Waals surface area contributed by atoms with Gasteiger partial charge in [0.25, 0.3) is 23.6 Å². The lowest BCUT2D eigenvalue weighted by molar-refractivity contribution is -0.266. The second-order valence-electron chi connectivity index (χ2n) is 19.4. The quantitative estimate of drug-likeness (QED) is 0.0991. The van der Waals surface area contributed by atoms with Crippen molar-refractivity contribution in [2.45, 2.75) is 91.1 Å². The van der Waals surface area contributed by atoms with Gasteiger partial charge in [-0.3, -0.25) is 19.2 Å². The number of nitrogens with zero attached hydrogens (tertiary/aromatic N) is 3. The van der Waals surface area contributed by atoms with Gasteiger partial charge in [0.2, 0.25) is 0 Å². The Morgan fingerprint density at radius 1 is 0.448 bits per heavy atom. The molecule has 3 aliphatic heterocycles. The van der Waals surface area contributed by atoms with E-state index in [2.05, 4.69) is 47.6 Å². The summed E-state index contributed by atoms with van der Waals surface area (Å²) in [6.45, 7) is 20.1. The minimum Gasteiger partial charge on any atom is -0.268 e. The van der Waals surface area contributed by atoms with Crippen LogP contribution in [0.2, 0.25) is 0 Å². The molecule has 0 atom stereocenters. The van der Waals surface area contributed by atoms with E-state index in [1.54, 1.807) is 18.2 Å². The van der Waals surface area contributed by atoms with Crippen molar-refractivity contribution >= 4 is 78.1 Å². The zero-order valence-electron chi connectivity index (χ0n) is 34.5. The number of imide groups is 2. The van der Waals surface area contributed by atoms with Crippen LogP contribution in [0.4, 0.5) is 11.4 Å². The van der Waals surface area contributed by atoms with Gasteiger partial charge in [-0.2, -0.15) is 0 Å². The molecule has 0 fully saturated rings. The lowest BCUT2D eigenvalue weighted by Gasteiger charge is -2.34. The number of rotatable bonds is 2. The minimum atomic E-state index is -0.857. The van der Waals surface area contributed by atoms with Crippen LogP contribution in [0.3, 0.4) is 0 Å². The van der Waals surface area contributed by atoms with Gasteiger partial charge in [-0.25, -0.2) is 9.80 Å². The summed E-state index contributed by atoms with van der Waals surface area (Å²) in [4.78, 5) is 61.0. The highest BCUT2D eigenvalue weighted by molar-refractivity contribution is 6.45. The fraction of sp³-hybridized carbons (Fsp3) is 0.280. The van der Waals surface area contributed by atoms with E-state index in [-0.39, 0.29) is 22.6 Å². The lowest BCUT2D eigenvalue weighted by Crippen LogP contribution is -2.42. The topological polar surface area (TPSA) is 97.9 Å². The Balaban J connectivity index is 1.15. The van der Waals surface area contributed by atoms with E-state index in [1.807, 2.05) is 88.4 Å². The van der Waals surface area contributed by atoms with Crippen molar-refractivity contribution in [3.8, 4) is 0 Å². The number of anilines is 2. The molecule has 0 aliphatic carbocycles. The summed E-state index contributed by atoms with van der Waals surface area (Å²) >= 11 is 0. The Morgan fingerprint density at radius 3 is 1.31 bits per heavy atom. The Bertz CT molecular complexity index is 2970. The molecule has 4 amide bonds. The molecule has 8 heteroatoms. The number of carbonyl (C=O) groups excluding carboxylic acids is 4. The predicted molar refractivity (Wildman–Crippen MR) is 229 cm³/mol. The molecule has 8 nitrogen and oxygen atoms in total. The third-order valence-electron chi connectivity index (χ3n) is 13.1. The van der Waals surface area contributed by atoms with E-state index in [9.17, 15) is 24.4 Å². The van der Waals surface area contributed by atoms with E-state index >= 15 is 0 Å². The molecule has 0 N–H and O–H groups in total. The first-order valence-corrected chi connectivity index (χ1v) is 19.9. The molecule has 7 aromatic rings. The third kappa shape index (κ3) is 4.47. The molecule has 3 heterocycles. The Labute approximate surface area is 336 Å². The number of hydrogen-bond acceptors (Lipinski definition) is 5. The molecule has 10 rings (SSSR count). The summed E-state index contributed by atoms with van der Waals surface area (Å²) in [6, 6.07) is 26.4. The fourth-order valence-corrected chi connectivity index (χ4v) is 10.2. The van der Waals surface area contributed by atoms with Crippen LogP contribution in [0.1, 0.15) is 133 Å². The van der Waals surface area contributed by atoms with E-state index in [0.717, 1.165) is 59.6 Å². The van der Waals surface area contributed by atoms with Crippen LogP contribution in [0, 0.1) is 0 Å². The van der Waals surface area contributed by atoms with Crippen LogP contribution in [0.25, 0.3) is 43.1 Å². The summed E-state index contributed by atoms with van der Waals surface area (Å²) in [7, 11) is 0. The van der Waals surface area contributed by atoms with Crippen molar-refractivity contribution in [2.24, 2.45) is 0 Å². The second-order valence-corrected chi connectivity index (χ2v) is 19.4. The second kappa shape index (κ2) is 11.2. The van der Waals surface area contributed by atoms with Crippen molar-refractivity contribution in [3.05, 3.63) is 129 Å². The molecule has 0 aromatic heterocycles. The number of benzene rings is 7. The van der Waals surface area contributed by atoms with Crippen LogP contribution >= 0.6 is 0 Å². The van der Waals surface area contributed by atoms with E-state index in [0.29, 0.717) is 44.4 Å². The Hall–Kier alpha value is -5.96. The lowest BCUT2D eigenvalue weighted by atomic mass is 9.79. The van der Waals surface area contributed by atoms with E-state index in [1.165, 1.54) is 9.80 Å². The van der Waals surface area contributed by atoms with Gasteiger partial charge in [-0.05, 0) is 136 Å². The van der Waals surface area contributed by atoms with Gasteiger partial charge in [0.05, 0.1) is 22.5 Å². The standard InChI is InChI=1S/C50H44N3O5/c1-47(2,3)25-11-21-36(48(4,5)6)38(23-25)52-45(56)33-19-15-29-27-13-17-31-41-32(18-14-28(39(27)41)30-16-20-34(46(52)57)42(33)40(29)30)44(55)51(43(31)54)26-12-22-35-37(24-26)50(9,10)53(58)49(35,7)8/h11-24H,1-10H3. The zero-order valence-corrected chi connectivity index (χ0v) is 34.5. The van der Waals surface area contributed by atoms with Gasteiger partial charge in [-0.1, -0.05) is 84.0 Å². The highest BCUT2D eigenvalue weighted by Crippen LogP contribution is 2.51. The van der Waals surface area contributed by atoms with Crippen LogP contribution in [-0.4, -0.2) is 28.7 Å². The summed E-state index contributed by atoms with van der Waals surface area (Å²) < 4.78 is 0. The molecular weight excluding hydrogens is 723 g/mol. The Kier molecular flexibility index (Phi) is 7.00. The fourth-order valence-electron chi connectivity index (χ4n) is 10.2. The van der Waals surface area contributed by atoms with Gasteiger partial charge in [0.15, 0.2) is 0 Å². The van der Waals surface area contributed by atoms with E-state index < -0.39 is 22.9 Å². The summed E-state index contributed by atoms with van der Waals surface area (Å²) in [5.41, 5.74) is 4.15. The zero-order chi connectivity index (χ0) is 41.3. The number of amides is 4. The van der Waals surface area contributed by atoms with E-state index in [4.69, 9.17) is 0 Å². The molecular formula is C50H44N3O5. The molecule has 0 spiro atoms. The van der Waals surface area contributed by atoms with Crippen LogP contribution < -0.4 is 9.80 Å². The molecule has 7 aromatic carbocycles. The van der Waals surface area contributed by atoms with Gasteiger partial charge in [-0.15, -0.1) is 10.3 Å². The number of fused-ring (bicyclic) bond motifs is 3. The van der Waals surface area contributed by atoms with Crippen LogP contribution in [0.15, 0.2) is 84.9 Å². The Morgan fingerprint density at radius 2 is 0.879 bits per heavy atom. The first-order chi connectivity index (χ1) is 27.2. The maximum Gasteiger partial charge on any atom is 0.265 e. The monoisotopic (exact) mass is 766 g/mol. The first-order valence-electron chi connectivity index (χ1n) is 19.9. The molecule has 1 radical (unpaired) electrons. The predicted octanol–water partition coefficient (Wildman–Crippen LogP) is 11.1. The highest BCUT2D eigenvalue weighted by Gasteiger charge is 2.50. The summed E-state index contributed by atoms with van der Waals surface area (Å²) in [5, 5.41) is 20.5. The van der Waals surface area contributed by atoms with Gasteiger partial charge < -0.3 is 0 Å². The number of hydrogen-bond donors (Lipinski definition) is 0. The van der Waals surface area contributed by atoms with Crippen LogP contribution in [0.5, 0.6) is 0 Å². The molecule has 0 saturated carbocycles. The summed E-state index contributed by atoms with van der Waals surface area (Å²) in [6.07, 6.45) is 0. The molecule has 3 aliphatic rings.